The largest absolute Gasteiger partial charge is 0.310 e. The average Bonchev–Trinajstić information content (AvgIpc) is 3.16. The van der Waals surface area contributed by atoms with Crippen molar-refractivity contribution < 1.29 is 0 Å². The van der Waals surface area contributed by atoms with Gasteiger partial charge in [0.25, 0.3) is 0 Å². The van der Waals surface area contributed by atoms with E-state index in [0.29, 0.717) is 0 Å². The molecule has 8 rings (SSSR count). The van der Waals surface area contributed by atoms with Crippen LogP contribution in [0.15, 0.2) is 170 Å². The summed E-state index contributed by atoms with van der Waals surface area (Å²) in [6, 6.07) is 62.7. The maximum absolute atomic E-state index is 2.43. The molecule has 0 fully saturated rings. The van der Waals surface area contributed by atoms with Gasteiger partial charge in [-0.05, 0) is 117 Å². The van der Waals surface area contributed by atoms with Gasteiger partial charge in [0, 0.05) is 33.5 Å². The molecule has 0 atom stereocenters. The molecule has 0 aliphatic carbocycles. The second-order valence-electron chi connectivity index (χ2n) is 17.1. The second kappa shape index (κ2) is 14.2. The Bertz CT molecular complexity index is 2360. The van der Waals surface area contributed by atoms with Crippen LogP contribution in [0.4, 0.5) is 34.1 Å². The van der Waals surface area contributed by atoms with E-state index in [1.54, 1.807) is 0 Å². The van der Waals surface area contributed by atoms with E-state index in [4.69, 9.17) is 0 Å². The summed E-state index contributed by atoms with van der Waals surface area (Å²) in [6.07, 6.45) is 2.07. The molecule has 0 amide bonds. The monoisotopic (exact) mass is 702 g/mol. The molecule has 0 aliphatic rings. The van der Waals surface area contributed by atoms with Crippen LogP contribution < -0.4 is 9.80 Å². The maximum atomic E-state index is 2.43. The molecule has 268 valence electrons. The lowest BCUT2D eigenvalue weighted by Gasteiger charge is -2.30. The van der Waals surface area contributed by atoms with Crippen LogP contribution in [0.3, 0.4) is 0 Å². The maximum Gasteiger partial charge on any atom is 0.0546 e. The highest BCUT2D eigenvalue weighted by atomic mass is 15.1. The smallest absolute Gasteiger partial charge is 0.0546 e. The normalized spacial score (nSPS) is 12.0. The first-order chi connectivity index (χ1) is 26.0. The molecule has 0 heterocycles. The van der Waals surface area contributed by atoms with Gasteiger partial charge < -0.3 is 9.80 Å². The van der Waals surface area contributed by atoms with Crippen LogP contribution in [0.25, 0.3) is 32.3 Å². The lowest BCUT2D eigenvalue weighted by molar-refractivity contribution is 0.411. The lowest BCUT2D eigenvalue weighted by atomic mass is 9.88. The zero-order valence-electron chi connectivity index (χ0n) is 32.5. The summed E-state index contributed by atoms with van der Waals surface area (Å²) in [5.41, 5.74) is 10.1. The SMILES string of the molecule is CC(C)(C)Cc1ccc(N(c2ccccc2)c2cc3c4ccccc4c(N(c4ccccc4)c4ccc(CC(C)(C)C)cc4)cc3c3ccccc23)cc1. The van der Waals surface area contributed by atoms with Gasteiger partial charge in [0.15, 0.2) is 0 Å². The van der Waals surface area contributed by atoms with Crippen molar-refractivity contribution in [1.29, 1.82) is 0 Å². The number of benzene rings is 8. The summed E-state index contributed by atoms with van der Waals surface area (Å²) < 4.78 is 0. The van der Waals surface area contributed by atoms with Gasteiger partial charge in [0.1, 0.15) is 0 Å². The minimum atomic E-state index is 0.223. The van der Waals surface area contributed by atoms with E-state index in [1.807, 2.05) is 0 Å². The van der Waals surface area contributed by atoms with Crippen molar-refractivity contribution in [2.45, 2.75) is 54.4 Å². The Balaban J connectivity index is 1.37. The third kappa shape index (κ3) is 7.22. The van der Waals surface area contributed by atoms with Crippen LogP contribution >= 0.6 is 0 Å². The van der Waals surface area contributed by atoms with Crippen LogP contribution in [0.5, 0.6) is 0 Å². The Kier molecular flexibility index (Phi) is 9.24. The quantitative estimate of drug-likeness (QED) is 0.145. The predicted molar refractivity (Wildman–Crippen MR) is 235 cm³/mol. The molecule has 0 saturated carbocycles. The first-order valence-electron chi connectivity index (χ1n) is 19.3. The fourth-order valence-corrected chi connectivity index (χ4v) is 8.04. The van der Waals surface area contributed by atoms with Crippen LogP contribution in [0.2, 0.25) is 0 Å². The van der Waals surface area contributed by atoms with Crippen molar-refractivity contribution in [3.8, 4) is 0 Å². The molecule has 8 aromatic rings. The van der Waals surface area contributed by atoms with Gasteiger partial charge >= 0.3 is 0 Å². The van der Waals surface area contributed by atoms with Gasteiger partial charge in [0.05, 0.1) is 11.4 Å². The lowest BCUT2D eigenvalue weighted by Crippen LogP contribution is -2.13. The molecule has 0 spiro atoms. The number of hydrogen-bond donors (Lipinski definition) is 0. The Morgan fingerprint density at radius 3 is 0.944 bits per heavy atom. The van der Waals surface area contributed by atoms with Crippen molar-refractivity contribution in [1.82, 2.24) is 0 Å². The van der Waals surface area contributed by atoms with E-state index in [-0.39, 0.29) is 10.8 Å². The summed E-state index contributed by atoms with van der Waals surface area (Å²) in [5.74, 6) is 0. The standard InChI is InChI=1S/C52H50N2/c1-51(2,3)35-37-25-29-41(30-26-37)53(39-17-9-7-10-18-39)49-33-47-44-22-14-16-24-46(44)50(34-48(47)43-21-13-15-23-45(43)49)54(40-19-11-8-12-20-40)42-31-27-38(28-32-42)36-52(4,5)6/h7-34H,35-36H2,1-6H3. The van der Waals surface area contributed by atoms with Crippen molar-refractivity contribution in [3.63, 3.8) is 0 Å². The van der Waals surface area contributed by atoms with Gasteiger partial charge in [-0.15, -0.1) is 0 Å². The first kappa shape index (κ1) is 35.2. The minimum absolute atomic E-state index is 0.223. The summed E-state index contributed by atoms with van der Waals surface area (Å²) in [4.78, 5) is 4.86. The van der Waals surface area contributed by atoms with Crippen molar-refractivity contribution in [3.05, 3.63) is 181 Å². The minimum Gasteiger partial charge on any atom is -0.310 e. The Hall–Kier alpha value is -5.86. The summed E-state index contributed by atoms with van der Waals surface area (Å²) in [5, 5.41) is 7.37. The van der Waals surface area contributed by atoms with Crippen LogP contribution in [-0.2, 0) is 12.8 Å². The fraction of sp³-hybridized carbons (Fsp3) is 0.192. The van der Waals surface area contributed by atoms with Gasteiger partial charge in [-0.2, -0.15) is 0 Å². The predicted octanol–water partition coefficient (Wildman–Crippen LogP) is 15.3. The summed E-state index contributed by atoms with van der Waals surface area (Å²) in [7, 11) is 0. The molecular formula is C52H50N2. The average molecular weight is 703 g/mol. The molecule has 2 nitrogen and oxygen atoms in total. The van der Waals surface area contributed by atoms with Crippen LogP contribution in [-0.4, -0.2) is 0 Å². The molecule has 0 aromatic heterocycles. The highest BCUT2D eigenvalue weighted by Crippen LogP contribution is 2.47. The number of anilines is 6. The van der Waals surface area contributed by atoms with Crippen molar-refractivity contribution in [2.24, 2.45) is 10.8 Å². The summed E-state index contributed by atoms with van der Waals surface area (Å²) >= 11 is 0. The number of fused-ring (bicyclic) bond motifs is 5. The van der Waals surface area contributed by atoms with E-state index in [2.05, 4.69) is 221 Å². The molecule has 0 saturated heterocycles. The highest BCUT2D eigenvalue weighted by molar-refractivity contribution is 6.24. The zero-order valence-corrected chi connectivity index (χ0v) is 32.5. The summed E-state index contributed by atoms with van der Waals surface area (Å²) in [6.45, 7) is 13.8. The number of hydrogen-bond acceptors (Lipinski definition) is 2. The molecule has 0 aliphatic heterocycles. The first-order valence-corrected chi connectivity index (χ1v) is 19.3. The number of nitrogens with zero attached hydrogens (tertiary/aromatic N) is 2. The molecule has 0 unspecified atom stereocenters. The molecule has 0 radical (unpaired) electrons. The zero-order chi connectivity index (χ0) is 37.5. The molecule has 54 heavy (non-hydrogen) atoms. The van der Waals surface area contributed by atoms with Gasteiger partial charge in [0.2, 0.25) is 0 Å². The molecule has 8 aromatic carbocycles. The van der Waals surface area contributed by atoms with Crippen molar-refractivity contribution in [2.75, 3.05) is 9.80 Å². The van der Waals surface area contributed by atoms with Gasteiger partial charge in [-0.3, -0.25) is 0 Å². The highest BCUT2D eigenvalue weighted by Gasteiger charge is 2.22. The van der Waals surface area contributed by atoms with E-state index >= 15 is 0 Å². The third-order valence-electron chi connectivity index (χ3n) is 10.2. The van der Waals surface area contributed by atoms with Gasteiger partial charge in [-0.25, -0.2) is 0 Å². The molecule has 2 heteroatoms. The second-order valence-corrected chi connectivity index (χ2v) is 17.1. The molecule has 0 bridgehead atoms. The van der Waals surface area contributed by atoms with Crippen LogP contribution in [0.1, 0.15) is 52.7 Å². The Morgan fingerprint density at radius 1 is 0.315 bits per heavy atom. The van der Waals surface area contributed by atoms with Crippen LogP contribution in [0, 0.1) is 10.8 Å². The van der Waals surface area contributed by atoms with E-state index in [9.17, 15) is 0 Å². The molecule has 0 N–H and O–H groups in total. The number of rotatable bonds is 8. The Morgan fingerprint density at radius 2 is 0.611 bits per heavy atom. The third-order valence-corrected chi connectivity index (χ3v) is 10.2. The number of para-hydroxylation sites is 2. The Labute approximate surface area is 321 Å². The van der Waals surface area contributed by atoms with E-state index < -0.39 is 0 Å². The topological polar surface area (TPSA) is 6.48 Å². The van der Waals surface area contributed by atoms with E-state index in [0.717, 1.165) is 35.6 Å². The fourth-order valence-electron chi connectivity index (χ4n) is 8.04. The van der Waals surface area contributed by atoms with Gasteiger partial charge in [-0.1, -0.05) is 151 Å². The van der Waals surface area contributed by atoms with E-state index in [1.165, 1.54) is 54.8 Å². The molecular weight excluding hydrogens is 653 g/mol. The van der Waals surface area contributed by atoms with Crippen molar-refractivity contribution >= 4 is 66.4 Å².